The van der Waals surface area contributed by atoms with Crippen molar-refractivity contribution in [2.45, 2.75) is 6.92 Å². The molecule has 0 aliphatic carbocycles. The van der Waals surface area contributed by atoms with Gasteiger partial charge in [0.15, 0.2) is 17.5 Å². The standard InChI is InChI=1S/C15H8Cl2F2N2/c1-7-2-3-8(10(16)4-7)15-20-13-6-12(19)11(18)5-9(13)14(17)21-15/h2-6H,1H3. The molecule has 0 unspecified atom stereocenters. The minimum absolute atomic E-state index is 0.0468. The Hall–Kier alpha value is -1.78. The number of aryl methyl sites for hydroxylation is 1. The van der Waals surface area contributed by atoms with Crippen LogP contribution in [-0.4, -0.2) is 9.97 Å². The lowest BCUT2D eigenvalue weighted by Gasteiger charge is -2.07. The van der Waals surface area contributed by atoms with Gasteiger partial charge in [-0.3, -0.25) is 0 Å². The molecule has 106 valence electrons. The van der Waals surface area contributed by atoms with Crippen molar-refractivity contribution in [1.29, 1.82) is 0 Å². The largest absolute Gasteiger partial charge is 0.228 e. The molecule has 3 aromatic rings. The van der Waals surface area contributed by atoms with Gasteiger partial charge in [0.05, 0.1) is 10.5 Å². The molecule has 21 heavy (non-hydrogen) atoms. The molecule has 0 aliphatic heterocycles. The zero-order valence-corrected chi connectivity index (χ0v) is 12.3. The summed E-state index contributed by atoms with van der Waals surface area (Å²) in [5.41, 5.74) is 1.79. The van der Waals surface area contributed by atoms with Gasteiger partial charge in [0.1, 0.15) is 5.15 Å². The van der Waals surface area contributed by atoms with E-state index in [1.807, 2.05) is 13.0 Å². The second-order valence-corrected chi connectivity index (χ2v) is 5.37. The zero-order chi connectivity index (χ0) is 15.1. The Bertz CT molecular complexity index is 866. The Morgan fingerprint density at radius 3 is 2.38 bits per heavy atom. The van der Waals surface area contributed by atoms with Gasteiger partial charge in [-0.05, 0) is 30.7 Å². The van der Waals surface area contributed by atoms with Gasteiger partial charge in [0.25, 0.3) is 0 Å². The average molecular weight is 325 g/mol. The minimum atomic E-state index is -0.992. The first-order chi connectivity index (χ1) is 9.95. The van der Waals surface area contributed by atoms with Crippen molar-refractivity contribution in [2.75, 3.05) is 0 Å². The van der Waals surface area contributed by atoms with Gasteiger partial charge < -0.3 is 0 Å². The van der Waals surface area contributed by atoms with E-state index >= 15 is 0 Å². The first-order valence-corrected chi connectivity index (χ1v) is 6.80. The Kier molecular flexibility index (Phi) is 3.51. The summed E-state index contributed by atoms with van der Waals surface area (Å²) in [5, 5.41) is 0.765. The van der Waals surface area contributed by atoms with Crippen LogP contribution in [0.3, 0.4) is 0 Å². The normalized spacial score (nSPS) is 11.1. The molecule has 3 rings (SSSR count). The van der Waals surface area contributed by atoms with E-state index in [1.54, 1.807) is 12.1 Å². The van der Waals surface area contributed by atoms with Crippen molar-refractivity contribution in [1.82, 2.24) is 9.97 Å². The van der Waals surface area contributed by atoms with Crippen molar-refractivity contribution in [3.05, 3.63) is 57.7 Å². The second-order valence-electron chi connectivity index (χ2n) is 4.60. The lowest BCUT2D eigenvalue weighted by atomic mass is 10.1. The minimum Gasteiger partial charge on any atom is -0.228 e. The van der Waals surface area contributed by atoms with E-state index in [1.165, 1.54) is 0 Å². The monoisotopic (exact) mass is 324 g/mol. The quantitative estimate of drug-likeness (QED) is 0.575. The number of hydrogen-bond donors (Lipinski definition) is 0. The fourth-order valence-corrected chi connectivity index (χ4v) is 2.56. The molecule has 0 aliphatic rings. The molecule has 0 fully saturated rings. The second kappa shape index (κ2) is 5.20. The fraction of sp³-hybridized carbons (Fsp3) is 0.0667. The maximum Gasteiger partial charge on any atom is 0.162 e. The highest BCUT2D eigenvalue weighted by atomic mass is 35.5. The number of hydrogen-bond acceptors (Lipinski definition) is 2. The highest BCUT2D eigenvalue weighted by molar-refractivity contribution is 6.35. The molecule has 0 amide bonds. The Morgan fingerprint density at radius 1 is 0.952 bits per heavy atom. The van der Waals surface area contributed by atoms with Gasteiger partial charge in [-0.1, -0.05) is 29.3 Å². The van der Waals surface area contributed by atoms with Crippen LogP contribution in [-0.2, 0) is 0 Å². The third-order valence-corrected chi connectivity index (χ3v) is 3.66. The predicted octanol–water partition coefficient (Wildman–Crippen LogP) is 5.19. The van der Waals surface area contributed by atoms with E-state index < -0.39 is 11.6 Å². The zero-order valence-electron chi connectivity index (χ0n) is 10.8. The van der Waals surface area contributed by atoms with Gasteiger partial charge in [0, 0.05) is 17.0 Å². The Labute approximate surface area is 129 Å². The van der Waals surface area contributed by atoms with E-state index in [0.717, 1.165) is 17.7 Å². The molecule has 0 radical (unpaired) electrons. The number of fused-ring (bicyclic) bond motifs is 1. The molecule has 0 saturated carbocycles. The lowest BCUT2D eigenvalue weighted by Crippen LogP contribution is -1.95. The summed E-state index contributed by atoms with van der Waals surface area (Å²) >= 11 is 12.2. The molecule has 2 aromatic carbocycles. The van der Waals surface area contributed by atoms with Crippen LogP contribution < -0.4 is 0 Å². The molecule has 0 spiro atoms. The van der Waals surface area contributed by atoms with E-state index in [0.29, 0.717) is 10.6 Å². The highest BCUT2D eigenvalue weighted by Gasteiger charge is 2.13. The molecule has 0 bridgehead atoms. The van der Waals surface area contributed by atoms with Crippen LogP contribution in [0.5, 0.6) is 0 Å². The smallest absolute Gasteiger partial charge is 0.162 e. The summed E-state index contributed by atoms with van der Waals surface area (Å²) in [5.74, 6) is -1.71. The topological polar surface area (TPSA) is 25.8 Å². The van der Waals surface area contributed by atoms with Gasteiger partial charge in [-0.25, -0.2) is 18.7 Å². The Balaban J connectivity index is 2.27. The van der Waals surface area contributed by atoms with Crippen LogP contribution in [0.1, 0.15) is 5.56 Å². The molecule has 0 N–H and O–H groups in total. The molecular weight excluding hydrogens is 317 g/mol. The van der Waals surface area contributed by atoms with Crippen LogP contribution in [0.4, 0.5) is 8.78 Å². The highest BCUT2D eigenvalue weighted by Crippen LogP contribution is 2.30. The van der Waals surface area contributed by atoms with E-state index in [2.05, 4.69) is 9.97 Å². The van der Waals surface area contributed by atoms with Gasteiger partial charge in [-0.2, -0.15) is 0 Å². The summed E-state index contributed by atoms with van der Waals surface area (Å²) in [7, 11) is 0. The van der Waals surface area contributed by atoms with Gasteiger partial charge in [0.2, 0.25) is 0 Å². The first kappa shape index (κ1) is 14.2. The van der Waals surface area contributed by atoms with Crippen LogP contribution in [0.15, 0.2) is 30.3 Å². The van der Waals surface area contributed by atoms with E-state index in [9.17, 15) is 8.78 Å². The molecular formula is C15H8Cl2F2N2. The number of nitrogens with zero attached hydrogens (tertiary/aromatic N) is 2. The number of benzene rings is 2. The molecule has 0 atom stereocenters. The van der Waals surface area contributed by atoms with Crippen LogP contribution in [0, 0.1) is 18.6 Å². The summed E-state index contributed by atoms with van der Waals surface area (Å²) in [4.78, 5) is 8.33. The lowest BCUT2D eigenvalue weighted by molar-refractivity contribution is 0.510. The van der Waals surface area contributed by atoms with Crippen molar-refractivity contribution in [3.8, 4) is 11.4 Å². The Morgan fingerprint density at radius 2 is 1.67 bits per heavy atom. The maximum atomic E-state index is 13.3. The average Bonchev–Trinajstić information content (AvgIpc) is 2.41. The molecule has 2 nitrogen and oxygen atoms in total. The van der Waals surface area contributed by atoms with Crippen LogP contribution in [0.2, 0.25) is 10.2 Å². The first-order valence-electron chi connectivity index (χ1n) is 6.04. The van der Waals surface area contributed by atoms with Crippen LogP contribution >= 0.6 is 23.2 Å². The molecule has 0 saturated heterocycles. The van der Waals surface area contributed by atoms with Crippen LogP contribution in [0.25, 0.3) is 22.3 Å². The third-order valence-electron chi connectivity index (χ3n) is 3.06. The molecule has 1 aromatic heterocycles. The summed E-state index contributed by atoms with van der Waals surface area (Å²) in [6.45, 7) is 1.90. The summed E-state index contributed by atoms with van der Waals surface area (Å²) < 4.78 is 26.6. The van der Waals surface area contributed by atoms with Crippen molar-refractivity contribution >= 4 is 34.1 Å². The number of aromatic nitrogens is 2. The summed E-state index contributed by atoms with van der Waals surface area (Å²) in [6, 6.07) is 7.35. The third kappa shape index (κ3) is 2.57. The molecule has 1 heterocycles. The fourth-order valence-electron chi connectivity index (χ4n) is 2.01. The van der Waals surface area contributed by atoms with Crippen molar-refractivity contribution in [2.24, 2.45) is 0 Å². The number of halogens is 4. The van der Waals surface area contributed by atoms with E-state index in [4.69, 9.17) is 23.2 Å². The predicted molar refractivity (Wildman–Crippen MR) is 79.6 cm³/mol. The van der Waals surface area contributed by atoms with Crippen molar-refractivity contribution in [3.63, 3.8) is 0 Å². The van der Waals surface area contributed by atoms with E-state index in [-0.39, 0.29) is 21.9 Å². The summed E-state index contributed by atoms with van der Waals surface area (Å²) in [6.07, 6.45) is 0. The van der Waals surface area contributed by atoms with Gasteiger partial charge >= 0.3 is 0 Å². The number of rotatable bonds is 1. The molecule has 6 heteroatoms. The maximum absolute atomic E-state index is 13.3. The van der Waals surface area contributed by atoms with Crippen molar-refractivity contribution < 1.29 is 8.78 Å². The SMILES string of the molecule is Cc1ccc(-c2nc(Cl)c3cc(F)c(F)cc3n2)c(Cl)c1. The van der Waals surface area contributed by atoms with Gasteiger partial charge in [-0.15, -0.1) is 0 Å².